The van der Waals surface area contributed by atoms with E-state index in [0.29, 0.717) is 6.04 Å². The fraction of sp³-hybridized carbons (Fsp3) is 0.385. The Morgan fingerprint density at radius 1 is 1.40 bits per heavy atom. The summed E-state index contributed by atoms with van der Waals surface area (Å²) >= 11 is 0. The second kappa shape index (κ2) is 4.07. The SMILES string of the molecule is CNC(C)Cc1cc2cccc(C)c2o1. The van der Waals surface area contributed by atoms with Gasteiger partial charge in [0.15, 0.2) is 0 Å². The number of furan rings is 1. The number of hydrogen-bond donors (Lipinski definition) is 1. The van der Waals surface area contributed by atoms with E-state index in [1.807, 2.05) is 7.05 Å². The smallest absolute Gasteiger partial charge is 0.137 e. The molecule has 1 aromatic heterocycles. The van der Waals surface area contributed by atoms with E-state index >= 15 is 0 Å². The van der Waals surface area contributed by atoms with Gasteiger partial charge in [-0.25, -0.2) is 0 Å². The molecule has 0 aliphatic carbocycles. The lowest BCUT2D eigenvalue weighted by Crippen LogP contribution is -2.23. The van der Waals surface area contributed by atoms with E-state index in [9.17, 15) is 0 Å². The highest BCUT2D eigenvalue weighted by Crippen LogP contribution is 2.23. The van der Waals surface area contributed by atoms with Crippen molar-refractivity contribution in [3.8, 4) is 0 Å². The van der Waals surface area contributed by atoms with Gasteiger partial charge in [0.25, 0.3) is 0 Å². The van der Waals surface area contributed by atoms with E-state index in [2.05, 4.69) is 43.4 Å². The normalized spacial score (nSPS) is 13.3. The first-order valence-electron chi connectivity index (χ1n) is 5.36. The van der Waals surface area contributed by atoms with Gasteiger partial charge in [-0.05, 0) is 32.5 Å². The molecule has 80 valence electrons. The topological polar surface area (TPSA) is 25.2 Å². The van der Waals surface area contributed by atoms with Crippen molar-refractivity contribution in [3.63, 3.8) is 0 Å². The van der Waals surface area contributed by atoms with Gasteiger partial charge in [0.2, 0.25) is 0 Å². The van der Waals surface area contributed by atoms with E-state index < -0.39 is 0 Å². The van der Waals surface area contributed by atoms with Crippen molar-refractivity contribution in [3.05, 3.63) is 35.6 Å². The molecule has 2 heteroatoms. The summed E-state index contributed by atoms with van der Waals surface area (Å²) in [6, 6.07) is 8.83. The molecule has 2 rings (SSSR count). The number of fused-ring (bicyclic) bond motifs is 1. The maximum absolute atomic E-state index is 5.83. The van der Waals surface area contributed by atoms with Crippen LogP contribution in [0.3, 0.4) is 0 Å². The van der Waals surface area contributed by atoms with E-state index in [0.717, 1.165) is 17.8 Å². The first-order valence-corrected chi connectivity index (χ1v) is 5.36. The number of para-hydroxylation sites is 1. The third kappa shape index (κ3) is 2.05. The Balaban J connectivity index is 2.35. The highest BCUT2D eigenvalue weighted by molar-refractivity contribution is 5.80. The van der Waals surface area contributed by atoms with Crippen LogP contribution in [0.25, 0.3) is 11.0 Å². The van der Waals surface area contributed by atoms with Crippen molar-refractivity contribution in [1.82, 2.24) is 5.32 Å². The average Bonchev–Trinajstić information content (AvgIpc) is 2.62. The van der Waals surface area contributed by atoms with E-state index in [-0.39, 0.29) is 0 Å². The van der Waals surface area contributed by atoms with Gasteiger partial charge in [0.1, 0.15) is 11.3 Å². The highest BCUT2D eigenvalue weighted by atomic mass is 16.3. The van der Waals surface area contributed by atoms with E-state index in [4.69, 9.17) is 4.42 Å². The summed E-state index contributed by atoms with van der Waals surface area (Å²) in [5.41, 5.74) is 2.23. The van der Waals surface area contributed by atoms with Gasteiger partial charge in [-0.3, -0.25) is 0 Å². The van der Waals surface area contributed by atoms with Crippen LogP contribution in [-0.2, 0) is 6.42 Å². The summed E-state index contributed by atoms with van der Waals surface area (Å²) in [4.78, 5) is 0. The van der Waals surface area contributed by atoms with Crippen molar-refractivity contribution in [2.24, 2.45) is 0 Å². The summed E-state index contributed by atoms with van der Waals surface area (Å²) in [6.45, 7) is 4.23. The second-order valence-corrected chi connectivity index (χ2v) is 4.10. The van der Waals surface area contributed by atoms with Crippen molar-refractivity contribution in [2.75, 3.05) is 7.05 Å². The van der Waals surface area contributed by atoms with E-state index in [1.54, 1.807) is 0 Å². The monoisotopic (exact) mass is 203 g/mol. The minimum absolute atomic E-state index is 0.450. The summed E-state index contributed by atoms with van der Waals surface area (Å²) in [5.74, 6) is 1.06. The zero-order chi connectivity index (χ0) is 10.8. The first-order chi connectivity index (χ1) is 7.20. The maximum atomic E-state index is 5.83. The van der Waals surface area contributed by atoms with Crippen LogP contribution in [-0.4, -0.2) is 13.1 Å². The molecule has 2 nitrogen and oxygen atoms in total. The van der Waals surface area contributed by atoms with Crippen LogP contribution in [0.2, 0.25) is 0 Å². The summed E-state index contributed by atoms with van der Waals surface area (Å²) < 4.78 is 5.83. The Bertz CT molecular complexity index is 459. The van der Waals surface area contributed by atoms with Crippen LogP contribution < -0.4 is 5.32 Å². The number of aryl methyl sites for hydroxylation is 1. The quantitative estimate of drug-likeness (QED) is 0.829. The van der Waals surface area contributed by atoms with Gasteiger partial charge in [-0.15, -0.1) is 0 Å². The van der Waals surface area contributed by atoms with Gasteiger partial charge < -0.3 is 9.73 Å². The molecule has 0 spiro atoms. The zero-order valence-corrected chi connectivity index (χ0v) is 9.50. The van der Waals surface area contributed by atoms with Crippen LogP contribution in [0.4, 0.5) is 0 Å². The van der Waals surface area contributed by atoms with Gasteiger partial charge in [0, 0.05) is 17.8 Å². The molecule has 15 heavy (non-hydrogen) atoms. The molecule has 2 aromatic rings. The van der Waals surface area contributed by atoms with Gasteiger partial charge in [-0.2, -0.15) is 0 Å². The molecule has 0 aliphatic heterocycles. The summed E-state index contributed by atoms with van der Waals surface area (Å²) in [7, 11) is 1.97. The predicted molar refractivity (Wildman–Crippen MR) is 63.2 cm³/mol. The van der Waals surface area contributed by atoms with Crippen molar-refractivity contribution in [1.29, 1.82) is 0 Å². The molecule has 0 saturated carbocycles. The molecule has 0 amide bonds. The maximum Gasteiger partial charge on any atom is 0.137 e. The van der Waals surface area contributed by atoms with Crippen LogP contribution >= 0.6 is 0 Å². The largest absolute Gasteiger partial charge is 0.461 e. The van der Waals surface area contributed by atoms with Crippen LogP contribution in [0.1, 0.15) is 18.2 Å². The zero-order valence-electron chi connectivity index (χ0n) is 9.50. The molecule has 0 saturated heterocycles. The van der Waals surface area contributed by atoms with Crippen molar-refractivity contribution < 1.29 is 4.42 Å². The Morgan fingerprint density at radius 2 is 2.20 bits per heavy atom. The first kappa shape index (κ1) is 10.2. The highest BCUT2D eigenvalue weighted by Gasteiger charge is 2.08. The molecule has 0 radical (unpaired) electrons. The summed E-state index contributed by atoms with van der Waals surface area (Å²) in [6.07, 6.45) is 0.935. The minimum Gasteiger partial charge on any atom is -0.461 e. The van der Waals surface area contributed by atoms with Crippen molar-refractivity contribution in [2.45, 2.75) is 26.3 Å². The Morgan fingerprint density at radius 3 is 2.87 bits per heavy atom. The number of benzene rings is 1. The molecule has 1 heterocycles. The van der Waals surface area contributed by atoms with Crippen LogP contribution in [0.5, 0.6) is 0 Å². The number of nitrogens with one attached hydrogen (secondary N) is 1. The average molecular weight is 203 g/mol. The van der Waals surface area contributed by atoms with Crippen LogP contribution in [0, 0.1) is 6.92 Å². The molecule has 1 aromatic carbocycles. The number of likely N-dealkylation sites (N-methyl/N-ethyl adjacent to an activating group) is 1. The van der Waals surface area contributed by atoms with Gasteiger partial charge in [-0.1, -0.05) is 18.2 Å². The lowest BCUT2D eigenvalue weighted by Gasteiger charge is -2.06. The molecule has 1 N–H and O–H groups in total. The molecular weight excluding hydrogens is 186 g/mol. The molecular formula is C13H17NO. The fourth-order valence-electron chi connectivity index (χ4n) is 1.77. The van der Waals surface area contributed by atoms with Gasteiger partial charge in [0.05, 0.1) is 0 Å². The molecule has 0 bridgehead atoms. The molecule has 1 unspecified atom stereocenters. The lowest BCUT2D eigenvalue weighted by molar-refractivity contribution is 0.496. The second-order valence-electron chi connectivity index (χ2n) is 4.10. The molecule has 1 atom stereocenters. The van der Waals surface area contributed by atoms with Crippen LogP contribution in [0.15, 0.2) is 28.7 Å². The molecule has 0 fully saturated rings. The summed E-state index contributed by atoms with van der Waals surface area (Å²) in [5, 5.41) is 4.41. The van der Waals surface area contributed by atoms with Gasteiger partial charge >= 0.3 is 0 Å². The third-order valence-corrected chi connectivity index (χ3v) is 2.79. The molecule has 0 aliphatic rings. The van der Waals surface area contributed by atoms with Crippen molar-refractivity contribution >= 4 is 11.0 Å². The van der Waals surface area contributed by atoms with E-state index in [1.165, 1.54) is 10.9 Å². The predicted octanol–water partition coefficient (Wildman–Crippen LogP) is 2.89. The standard InChI is InChI=1S/C13H17NO/c1-9-5-4-6-11-8-12(15-13(9)11)7-10(2)14-3/h4-6,8,10,14H,7H2,1-3H3. The third-order valence-electron chi connectivity index (χ3n) is 2.79. The fourth-order valence-corrected chi connectivity index (χ4v) is 1.77. The Kier molecular flexibility index (Phi) is 2.78. The minimum atomic E-state index is 0.450. The Hall–Kier alpha value is -1.28. The lowest BCUT2D eigenvalue weighted by atomic mass is 10.1. The number of rotatable bonds is 3. The Labute approximate surface area is 90.3 Å². The number of hydrogen-bond acceptors (Lipinski definition) is 2.